The molecule has 3 aromatic rings. The van der Waals surface area contributed by atoms with Crippen LogP contribution in [0.4, 0.5) is 4.39 Å². The van der Waals surface area contributed by atoms with Gasteiger partial charge in [0.05, 0.1) is 5.69 Å². The molecule has 2 aromatic carbocycles. The zero-order chi connectivity index (χ0) is 18.7. The molecule has 0 bridgehead atoms. The summed E-state index contributed by atoms with van der Waals surface area (Å²) in [7, 11) is 0. The first-order valence-corrected chi connectivity index (χ1v) is 8.73. The van der Waals surface area contributed by atoms with Crippen LogP contribution in [0.1, 0.15) is 36.6 Å². The Morgan fingerprint density at radius 3 is 2.23 bits per heavy atom. The van der Waals surface area contributed by atoms with Crippen LogP contribution in [0.3, 0.4) is 0 Å². The molecule has 0 unspecified atom stereocenters. The molecule has 0 fully saturated rings. The third kappa shape index (κ3) is 3.25. The molecule has 0 aliphatic carbocycles. The Morgan fingerprint density at radius 1 is 1.00 bits per heavy atom. The van der Waals surface area contributed by atoms with Gasteiger partial charge in [0.25, 0.3) is 0 Å². The lowest BCUT2D eigenvalue weighted by molar-refractivity contribution is -0.104. The van der Waals surface area contributed by atoms with E-state index in [4.69, 9.17) is 0 Å². The van der Waals surface area contributed by atoms with E-state index in [0.717, 1.165) is 34.5 Å². The van der Waals surface area contributed by atoms with Crippen LogP contribution in [0.5, 0.6) is 0 Å². The fraction of sp³-hybridized carbons (Fsp3) is 0.174. The maximum Gasteiger partial charge on any atom is 0.142 e. The SMILES string of the molecule is Cc1c(C(C)C)c(C=CC=O)c(-c2ccc(F)cc2)n1-c1ccccc1. The summed E-state index contributed by atoms with van der Waals surface area (Å²) >= 11 is 0. The van der Waals surface area contributed by atoms with Crippen LogP contribution in [-0.4, -0.2) is 10.9 Å². The molecule has 0 aliphatic heterocycles. The molecule has 0 aliphatic rings. The summed E-state index contributed by atoms with van der Waals surface area (Å²) in [5.74, 6) is 0.0165. The molecule has 0 saturated carbocycles. The number of aldehydes is 1. The van der Waals surface area contributed by atoms with Gasteiger partial charge in [0.2, 0.25) is 0 Å². The van der Waals surface area contributed by atoms with Crippen LogP contribution in [-0.2, 0) is 4.79 Å². The average molecular weight is 347 g/mol. The van der Waals surface area contributed by atoms with Gasteiger partial charge in [-0.2, -0.15) is 0 Å². The quantitative estimate of drug-likeness (QED) is 0.414. The third-order valence-corrected chi connectivity index (χ3v) is 4.54. The predicted molar refractivity (Wildman–Crippen MR) is 105 cm³/mol. The number of carbonyl (C=O) groups is 1. The van der Waals surface area contributed by atoms with Crippen LogP contribution in [0.2, 0.25) is 0 Å². The number of benzene rings is 2. The number of para-hydroxylation sites is 1. The van der Waals surface area contributed by atoms with Gasteiger partial charge in [-0.3, -0.25) is 4.79 Å². The molecule has 26 heavy (non-hydrogen) atoms. The Bertz CT molecular complexity index is 935. The fourth-order valence-corrected chi connectivity index (χ4v) is 3.56. The minimum atomic E-state index is -0.266. The third-order valence-electron chi connectivity index (χ3n) is 4.54. The summed E-state index contributed by atoms with van der Waals surface area (Å²) in [6, 6.07) is 16.6. The van der Waals surface area contributed by atoms with Gasteiger partial charge in [-0.25, -0.2) is 4.39 Å². The number of aromatic nitrogens is 1. The number of halogens is 1. The fourth-order valence-electron chi connectivity index (χ4n) is 3.56. The summed E-state index contributed by atoms with van der Waals surface area (Å²) in [4.78, 5) is 11.0. The van der Waals surface area contributed by atoms with Gasteiger partial charge in [-0.05, 0) is 72.5 Å². The second-order valence-corrected chi connectivity index (χ2v) is 6.59. The molecule has 1 heterocycles. The maximum absolute atomic E-state index is 13.5. The molecule has 3 rings (SSSR count). The standard InChI is InChI=1S/C23H22FNO/c1-16(2)22-17(3)25(20-8-5-4-6-9-20)23(21(22)10-7-15-26)18-11-13-19(24)14-12-18/h4-16H,1-3H3. The first-order chi connectivity index (χ1) is 12.5. The number of rotatable bonds is 5. The van der Waals surface area contributed by atoms with E-state index in [0.29, 0.717) is 0 Å². The maximum atomic E-state index is 13.5. The van der Waals surface area contributed by atoms with Crippen LogP contribution in [0, 0.1) is 12.7 Å². The average Bonchev–Trinajstić information content (AvgIpc) is 2.93. The Morgan fingerprint density at radius 2 is 1.65 bits per heavy atom. The molecular formula is C23H22FNO. The zero-order valence-electron chi connectivity index (χ0n) is 15.2. The monoisotopic (exact) mass is 347 g/mol. The van der Waals surface area contributed by atoms with Gasteiger partial charge in [0.1, 0.15) is 12.1 Å². The summed E-state index contributed by atoms with van der Waals surface area (Å²) in [5, 5.41) is 0. The number of carbonyl (C=O) groups excluding carboxylic acids is 1. The lowest BCUT2D eigenvalue weighted by atomic mass is 9.96. The van der Waals surface area contributed by atoms with E-state index >= 15 is 0 Å². The molecule has 3 heteroatoms. The van der Waals surface area contributed by atoms with E-state index in [1.165, 1.54) is 23.8 Å². The molecule has 0 amide bonds. The van der Waals surface area contributed by atoms with Gasteiger partial charge in [-0.15, -0.1) is 0 Å². The van der Waals surface area contributed by atoms with Crippen molar-refractivity contribution < 1.29 is 9.18 Å². The van der Waals surface area contributed by atoms with E-state index < -0.39 is 0 Å². The highest BCUT2D eigenvalue weighted by atomic mass is 19.1. The molecule has 0 N–H and O–H groups in total. The molecule has 132 valence electrons. The summed E-state index contributed by atoms with van der Waals surface area (Å²) < 4.78 is 15.7. The number of hydrogen-bond donors (Lipinski definition) is 0. The van der Waals surface area contributed by atoms with Gasteiger partial charge >= 0.3 is 0 Å². The Hall–Kier alpha value is -2.94. The molecule has 0 atom stereocenters. The molecule has 1 aromatic heterocycles. The highest BCUT2D eigenvalue weighted by Gasteiger charge is 2.22. The van der Waals surface area contributed by atoms with Crippen molar-refractivity contribution in [1.82, 2.24) is 4.57 Å². The normalized spacial score (nSPS) is 11.4. The molecule has 2 nitrogen and oxygen atoms in total. The number of allylic oxidation sites excluding steroid dienone is 1. The predicted octanol–water partition coefficient (Wildman–Crippen LogP) is 5.93. The second-order valence-electron chi connectivity index (χ2n) is 6.59. The smallest absolute Gasteiger partial charge is 0.142 e. The van der Waals surface area contributed by atoms with Crippen molar-refractivity contribution in [1.29, 1.82) is 0 Å². The van der Waals surface area contributed by atoms with Gasteiger partial charge in [-0.1, -0.05) is 32.0 Å². The molecule has 0 spiro atoms. The lowest BCUT2D eigenvalue weighted by Crippen LogP contribution is -2.00. The minimum absolute atomic E-state index is 0.266. The van der Waals surface area contributed by atoms with Crippen LogP contribution < -0.4 is 0 Å². The van der Waals surface area contributed by atoms with Crippen molar-refractivity contribution in [2.45, 2.75) is 26.7 Å². The van der Waals surface area contributed by atoms with E-state index in [2.05, 4.69) is 37.5 Å². The Balaban J connectivity index is 2.40. The first kappa shape index (κ1) is 17.9. The summed E-state index contributed by atoms with van der Waals surface area (Å²) in [6.07, 6.45) is 4.16. The Labute approximate surface area is 153 Å². The summed E-state index contributed by atoms with van der Waals surface area (Å²) in [5.41, 5.74) is 6.23. The molecule has 0 radical (unpaired) electrons. The van der Waals surface area contributed by atoms with Gasteiger partial charge < -0.3 is 4.57 Å². The van der Waals surface area contributed by atoms with Crippen molar-refractivity contribution in [3.05, 3.63) is 83.3 Å². The van der Waals surface area contributed by atoms with E-state index in [-0.39, 0.29) is 11.7 Å². The first-order valence-electron chi connectivity index (χ1n) is 8.73. The van der Waals surface area contributed by atoms with Crippen molar-refractivity contribution in [3.63, 3.8) is 0 Å². The lowest BCUT2D eigenvalue weighted by Gasteiger charge is -2.13. The van der Waals surface area contributed by atoms with Gasteiger partial charge in [0, 0.05) is 16.9 Å². The highest BCUT2D eigenvalue weighted by Crippen LogP contribution is 2.38. The topological polar surface area (TPSA) is 22.0 Å². The molecular weight excluding hydrogens is 325 g/mol. The van der Waals surface area contributed by atoms with Crippen molar-refractivity contribution >= 4 is 12.4 Å². The van der Waals surface area contributed by atoms with Crippen LogP contribution in [0.15, 0.2) is 60.7 Å². The van der Waals surface area contributed by atoms with Gasteiger partial charge in [0.15, 0.2) is 0 Å². The van der Waals surface area contributed by atoms with Crippen molar-refractivity contribution in [3.8, 4) is 16.9 Å². The summed E-state index contributed by atoms with van der Waals surface area (Å²) in [6.45, 7) is 6.38. The number of nitrogens with zero attached hydrogens (tertiary/aromatic N) is 1. The van der Waals surface area contributed by atoms with Crippen molar-refractivity contribution in [2.75, 3.05) is 0 Å². The van der Waals surface area contributed by atoms with E-state index in [1.54, 1.807) is 12.1 Å². The van der Waals surface area contributed by atoms with Crippen molar-refractivity contribution in [2.24, 2.45) is 0 Å². The minimum Gasteiger partial charge on any atom is -0.313 e. The van der Waals surface area contributed by atoms with Crippen LogP contribution >= 0.6 is 0 Å². The highest BCUT2D eigenvalue weighted by molar-refractivity contribution is 5.83. The second kappa shape index (κ2) is 7.52. The largest absolute Gasteiger partial charge is 0.313 e. The molecule has 0 saturated heterocycles. The van der Waals surface area contributed by atoms with Crippen LogP contribution in [0.25, 0.3) is 23.0 Å². The zero-order valence-corrected chi connectivity index (χ0v) is 15.2. The number of hydrogen-bond acceptors (Lipinski definition) is 1. The Kier molecular flexibility index (Phi) is 5.17. The van der Waals surface area contributed by atoms with E-state index in [1.807, 2.05) is 24.3 Å². The van der Waals surface area contributed by atoms with E-state index in [9.17, 15) is 9.18 Å².